The van der Waals surface area contributed by atoms with Crippen LogP contribution in [0.15, 0.2) is 115 Å². The minimum Gasteiger partial charge on any atom is -0.511 e. The number of aliphatic hydroxyl groups excluding tert-OH is 1. The summed E-state index contributed by atoms with van der Waals surface area (Å²) in [6.45, 7) is 6.53. The van der Waals surface area contributed by atoms with Crippen molar-refractivity contribution < 1.29 is 33.5 Å². The summed E-state index contributed by atoms with van der Waals surface area (Å²) in [6, 6.07) is 22.7. The van der Waals surface area contributed by atoms with Crippen molar-refractivity contribution in [2.45, 2.75) is 13.0 Å². The van der Waals surface area contributed by atoms with Gasteiger partial charge in [0.2, 0.25) is 11.4 Å². The van der Waals surface area contributed by atoms with Crippen LogP contribution >= 0.6 is 0 Å². The molecule has 6 rings (SSSR count). The quantitative estimate of drug-likeness (QED) is 0.0951. The molecule has 1 saturated heterocycles. The Hall–Kier alpha value is -5.21. The first-order valence-corrected chi connectivity index (χ1v) is 14.8. The Bertz CT molecular complexity index is 1740. The number of esters is 1. The second-order valence-electron chi connectivity index (χ2n) is 11.4. The number of anilines is 2. The number of ketones is 1. The summed E-state index contributed by atoms with van der Waals surface area (Å²) in [5.41, 5.74) is 5.18. The summed E-state index contributed by atoms with van der Waals surface area (Å²) in [5.74, 6) is -0.0146. The number of allylic oxidation sites excluding steroid dienone is 6. The molecule has 0 saturated carbocycles. The van der Waals surface area contributed by atoms with Crippen LogP contribution < -0.4 is 14.4 Å². The molecule has 0 aromatic heterocycles. The van der Waals surface area contributed by atoms with Gasteiger partial charge < -0.3 is 24.2 Å². The predicted molar refractivity (Wildman–Crippen MR) is 174 cm³/mol. The highest BCUT2D eigenvalue weighted by Crippen LogP contribution is 2.42. The molecule has 0 spiro atoms. The maximum Gasteiger partial charge on any atom is 0.338 e. The number of hydrogen-bond donors (Lipinski definition) is 1. The Morgan fingerprint density at radius 3 is 2.11 bits per heavy atom. The van der Waals surface area contributed by atoms with Gasteiger partial charge in [0.05, 0.1) is 18.1 Å². The van der Waals surface area contributed by atoms with Crippen molar-refractivity contribution in [3.05, 3.63) is 121 Å². The van der Waals surface area contributed by atoms with E-state index in [0.717, 1.165) is 35.1 Å². The molecule has 2 atom stereocenters. The fourth-order valence-corrected chi connectivity index (χ4v) is 5.32. The zero-order valence-corrected chi connectivity index (χ0v) is 25.5. The summed E-state index contributed by atoms with van der Waals surface area (Å²) in [7, 11) is 3.91. The number of nitrogens with zero attached hydrogens (tertiary/aromatic N) is 2. The molecule has 1 N–H and O–H groups in total. The number of epoxide rings is 1. The van der Waals surface area contributed by atoms with E-state index in [-0.39, 0.29) is 23.6 Å². The molecule has 0 bridgehead atoms. The van der Waals surface area contributed by atoms with Gasteiger partial charge in [-0.25, -0.2) is 4.79 Å². The Labute approximate surface area is 262 Å². The Morgan fingerprint density at radius 1 is 0.978 bits per heavy atom. The lowest BCUT2D eigenvalue weighted by atomic mass is 9.71. The molecule has 3 aliphatic rings. The number of ether oxygens (including phenoxy) is 3. The van der Waals surface area contributed by atoms with Gasteiger partial charge in [-0.05, 0) is 61.0 Å². The predicted octanol–water partition coefficient (Wildman–Crippen LogP) is 6.34. The van der Waals surface area contributed by atoms with E-state index in [1.165, 1.54) is 0 Å². The number of rotatable bonds is 10. The van der Waals surface area contributed by atoms with E-state index in [1.807, 2.05) is 109 Å². The maximum absolute atomic E-state index is 13.3. The van der Waals surface area contributed by atoms with Crippen LogP contribution in [0.5, 0.6) is 11.5 Å². The van der Waals surface area contributed by atoms with Gasteiger partial charge in [-0.15, -0.1) is 0 Å². The van der Waals surface area contributed by atoms with E-state index in [4.69, 9.17) is 14.2 Å². The van der Waals surface area contributed by atoms with Crippen molar-refractivity contribution in [2.24, 2.45) is 11.8 Å². The molecule has 8 heteroatoms. The van der Waals surface area contributed by atoms with Crippen molar-refractivity contribution in [3.8, 4) is 11.5 Å². The first-order chi connectivity index (χ1) is 21.7. The van der Waals surface area contributed by atoms with E-state index in [9.17, 15) is 14.7 Å². The fraction of sp³-hybridized carbons (Fsp3) is 0.216. The summed E-state index contributed by atoms with van der Waals surface area (Å²) in [5, 5.41) is 11.0. The van der Waals surface area contributed by atoms with Crippen LogP contribution in [-0.4, -0.2) is 60.6 Å². The molecule has 1 aliphatic heterocycles. The molecule has 3 aromatic carbocycles. The van der Waals surface area contributed by atoms with Gasteiger partial charge >= 0.3 is 5.97 Å². The molecular formula is C37H35N2O6+. The van der Waals surface area contributed by atoms with Crippen LogP contribution in [0.2, 0.25) is 0 Å². The van der Waals surface area contributed by atoms with Gasteiger partial charge in [0.15, 0.2) is 5.78 Å². The van der Waals surface area contributed by atoms with E-state index in [0.29, 0.717) is 29.1 Å². The number of carbonyl (C=O) groups excluding carboxylic acids is 2. The largest absolute Gasteiger partial charge is 0.511 e. The highest BCUT2D eigenvalue weighted by atomic mass is 16.6. The van der Waals surface area contributed by atoms with E-state index in [1.54, 1.807) is 19.1 Å². The molecule has 45 heavy (non-hydrogen) atoms. The third kappa shape index (κ3) is 6.37. The van der Waals surface area contributed by atoms with Gasteiger partial charge in [0, 0.05) is 54.2 Å². The number of hydrogen-bond acceptors (Lipinski definition) is 7. The summed E-state index contributed by atoms with van der Waals surface area (Å²) >= 11 is 0. The molecule has 8 nitrogen and oxygen atoms in total. The Balaban J connectivity index is 1.09. The average molecular weight is 604 g/mol. The molecule has 0 amide bonds. The average Bonchev–Trinajstić information content (AvgIpc) is 3.89. The smallest absolute Gasteiger partial charge is 0.338 e. The SMILES string of the molecule is C=C(C)C(=O)Oc1ccc([N+](C)=C2C=CC(C3C(=O)C(c4ccc(N(C)c5ccc(OCC6CO6)cc5)cc4)=C3O)C=C2)cc1. The first kappa shape index (κ1) is 29.8. The van der Waals surface area contributed by atoms with Crippen molar-refractivity contribution in [1.29, 1.82) is 0 Å². The number of aliphatic hydroxyl groups is 1. The third-order valence-electron chi connectivity index (χ3n) is 8.22. The lowest BCUT2D eigenvalue weighted by Gasteiger charge is -2.32. The van der Waals surface area contributed by atoms with Crippen LogP contribution in [0, 0.1) is 11.8 Å². The summed E-state index contributed by atoms with van der Waals surface area (Å²) < 4.78 is 18.2. The van der Waals surface area contributed by atoms with Crippen LogP contribution in [0.4, 0.5) is 17.1 Å². The summed E-state index contributed by atoms with van der Waals surface area (Å²) in [6.07, 6.45) is 8.00. The monoisotopic (exact) mass is 603 g/mol. The molecule has 0 radical (unpaired) electrons. The normalized spacial score (nSPS) is 20.0. The van der Waals surface area contributed by atoms with Crippen LogP contribution in [0.3, 0.4) is 0 Å². The maximum atomic E-state index is 13.3. The lowest BCUT2D eigenvalue weighted by molar-refractivity contribution is -0.403. The Morgan fingerprint density at radius 2 is 1.56 bits per heavy atom. The lowest BCUT2D eigenvalue weighted by Crippen LogP contribution is -2.35. The molecule has 2 aliphatic carbocycles. The Kier molecular flexibility index (Phi) is 8.24. The van der Waals surface area contributed by atoms with Crippen molar-refractivity contribution >= 4 is 40.1 Å². The zero-order valence-electron chi connectivity index (χ0n) is 25.5. The van der Waals surface area contributed by atoms with Crippen molar-refractivity contribution in [2.75, 3.05) is 32.2 Å². The fourth-order valence-electron chi connectivity index (χ4n) is 5.32. The molecule has 1 heterocycles. The second-order valence-corrected chi connectivity index (χ2v) is 11.4. The number of benzene rings is 3. The standard InChI is InChI=1S/C37H34N2O6/c1-23(2)37(42)45-31-19-15-29(16-20-31)39(4)27-11-7-25(8-12-27)34-35(40)33(36(34)41)24-5-9-26(10-6-24)38(3)28-13-17-30(18-14-28)43-21-32-22-44-32/h5-20,25,32,34H,1,21-22H2,2-4H3/p+1. The van der Waals surface area contributed by atoms with Gasteiger partial charge in [-0.1, -0.05) is 30.9 Å². The highest BCUT2D eigenvalue weighted by molar-refractivity contribution is 6.30. The highest BCUT2D eigenvalue weighted by Gasteiger charge is 2.44. The third-order valence-corrected chi connectivity index (χ3v) is 8.22. The van der Waals surface area contributed by atoms with Gasteiger partial charge in [-0.3, -0.25) is 4.79 Å². The minimum atomic E-state index is -0.601. The summed E-state index contributed by atoms with van der Waals surface area (Å²) in [4.78, 5) is 27.1. The minimum absolute atomic E-state index is 0.0724. The molecule has 228 valence electrons. The van der Waals surface area contributed by atoms with Gasteiger partial charge in [-0.2, -0.15) is 4.58 Å². The van der Waals surface area contributed by atoms with Crippen LogP contribution in [-0.2, 0) is 14.3 Å². The number of Topliss-reactive ketones (excluding diaryl/α,β-unsaturated/α-hetero) is 1. The van der Waals surface area contributed by atoms with Gasteiger partial charge in [0.25, 0.3) is 0 Å². The molecular weight excluding hydrogens is 568 g/mol. The topological polar surface area (TPSA) is 91.6 Å². The molecule has 3 aromatic rings. The molecule has 2 unspecified atom stereocenters. The first-order valence-electron chi connectivity index (χ1n) is 14.8. The van der Waals surface area contributed by atoms with E-state index in [2.05, 4.69) is 6.58 Å². The zero-order chi connectivity index (χ0) is 31.7. The van der Waals surface area contributed by atoms with Crippen LogP contribution in [0.25, 0.3) is 5.57 Å². The van der Waals surface area contributed by atoms with Crippen molar-refractivity contribution in [1.82, 2.24) is 0 Å². The second kappa shape index (κ2) is 12.4. The van der Waals surface area contributed by atoms with Crippen LogP contribution in [0.1, 0.15) is 12.5 Å². The number of carbonyl (C=O) groups is 2. The van der Waals surface area contributed by atoms with Crippen molar-refractivity contribution in [3.63, 3.8) is 0 Å². The molecule has 1 fully saturated rings. The van der Waals surface area contributed by atoms with E-state index >= 15 is 0 Å². The van der Waals surface area contributed by atoms with E-state index < -0.39 is 11.9 Å². The van der Waals surface area contributed by atoms with Gasteiger partial charge in [0.1, 0.15) is 37.0 Å².